The summed E-state index contributed by atoms with van der Waals surface area (Å²) in [7, 11) is 0. The quantitative estimate of drug-likeness (QED) is 0.475. The molecule has 0 saturated carbocycles. The standard InChI is InChI=1S/C6H11O4/c1-4(5(7)8)3-6(2,9)10/h4,9-10H,2-3H2,1H3,(H,7,8). The van der Waals surface area contributed by atoms with Crippen molar-refractivity contribution in [2.24, 2.45) is 5.92 Å². The lowest BCUT2D eigenvalue weighted by atomic mass is 10.0. The highest BCUT2D eigenvalue weighted by molar-refractivity contribution is 5.69. The van der Waals surface area contributed by atoms with Gasteiger partial charge in [0.1, 0.15) is 0 Å². The molecule has 0 aliphatic rings. The molecule has 3 N–H and O–H groups in total. The molecular formula is C6H11O4. The highest BCUT2D eigenvalue weighted by Gasteiger charge is 2.23. The first-order chi connectivity index (χ1) is 4.33. The minimum Gasteiger partial charge on any atom is -0.481 e. The number of aliphatic hydroxyl groups is 2. The Kier molecular flexibility index (Phi) is 2.80. The van der Waals surface area contributed by atoms with Crippen molar-refractivity contribution >= 4 is 5.97 Å². The third-order valence-corrected chi connectivity index (χ3v) is 1.05. The summed E-state index contributed by atoms with van der Waals surface area (Å²) in [6.07, 6.45) is -0.262. The highest BCUT2D eigenvalue weighted by Crippen LogP contribution is 2.12. The molecule has 0 fully saturated rings. The van der Waals surface area contributed by atoms with Crippen molar-refractivity contribution in [2.45, 2.75) is 19.1 Å². The maximum atomic E-state index is 10.1. The van der Waals surface area contributed by atoms with Crippen LogP contribution in [0.1, 0.15) is 13.3 Å². The molecule has 4 nitrogen and oxygen atoms in total. The molecule has 1 radical (unpaired) electrons. The lowest BCUT2D eigenvalue weighted by Gasteiger charge is -2.17. The Labute approximate surface area is 59.1 Å². The van der Waals surface area contributed by atoms with Gasteiger partial charge >= 0.3 is 5.97 Å². The van der Waals surface area contributed by atoms with Gasteiger partial charge in [-0.1, -0.05) is 6.92 Å². The van der Waals surface area contributed by atoms with Crippen LogP contribution in [0, 0.1) is 12.8 Å². The third-order valence-electron chi connectivity index (χ3n) is 1.05. The normalized spacial score (nSPS) is 14.8. The average molecular weight is 147 g/mol. The van der Waals surface area contributed by atoms with Crippen LogP contribution < -0.4 is 0 Å². The summed E-state index contributed by atoms with van der Waals surface area (Å²) in [5.74, 6) is -3.97. The van der Waals surface area contributed by atoms with E-state index in [1.165, 1.54) is 6.92 Å². The Hall–Kier alpha value is -0.610. The van der Waals surface area contributed by atoms with Crippen molar-refractivity contribution in [1.29, 1.82) is 0 Å². The second-order valence-corrected chi connectivity index (χ2v) is 2.43. The van der Waals surface area contributed by atoms with Gasteiger partial charge in [0.15, 0.2) is 5.79 Å². The first kappa shape index (κ1) is 9.39. The third kappa shape index (κ3) is 4.29. The predicted octanol–water partition coefficient (Wildman–Crippen LogP) is -0.388. The van der Waals surface area contributed by atoms with Crippen LogP contribution >= 0.6 is 0 Å². The zero-order chi connectivity index (χ0) is 8.36. The minimum atomic E-state index is -2.13. The van der Waals surface area contributed by atoms with E-state index in [-0.39, 0.29) is 6.42 Å². The summed E-state index contributed by atoms with van der Waals surface area (Å²) in [5, 5.41) is 25.5. The molecule has 1 atom stereocenters. The molecule has 1 unspecified atom stereocenters. The molecule has 0 spiro atoms. The van der Waals surface area contributed by atoms with Gasteiger partial charge in [-0.2, -0.15) is 0 Å². The van der Waals surface area contributed by atoms with Gasteiger partial charge in [-0.3, -0.25) is 4.79 Å². The Morgan fingerprint density at radius 2 is 2.10 bits per heavy atom. The average Bonchev–Trinajstić information content (AvgIpc) is 1.60. The van der Waals surface area contributed by atoms with Crippen LogP contribution in [0.5, 0.6) is 0 Å². The van der Waals surface area contributed by atoms with Crippen molar-refractivity contribution in [3.05, 3.63) is 6.92 Å². The van der Waals surface area contributed by atoms with Gasteiger partial charge in [0.25, 0.3) is 0 Å². The van der Waals surface area contributed by atoms with Gasteiger partial charge in [0.2, 0.25) is 0 Å². The van der Waals surface area contributed by atoms with Crippen molar-refractivity contribution in [2.75, 3.05) is 0 Å². The fourth-order valence-electron chi connectivity index (χ4n) is 0.578. The lowest BCUT2D eigenvalue weighted by Crippen LogP contribution is -2.29. The Morgan fingerprint density at radius 1 is 1.70 bits per heavy atom. The van der Waals surface area contributed by atoms with E-state index in [4.69, 9.17) is 15.3 Å². The van der Waals surface area contributed by atoms with E-state index < -0.39 is 17.7 Å². The number of hydrogen-bond acceptors (Lipinski definition) is 3. The maximum Gasteiger partial charge on any atom is 0.306 e. The number of carbonyl (C=O) groups is 1. The van der Waals surface area contributed by atoms with Crippen LogP contribution in [-0.2, 0) is 4.79 Å². The minimum absolute atomic E-state index is 0.262. The molecule has 0 aromatic carbocycles. The molecule has 10 heavy (non-hydrogen) atoms. The summed E-state index contributed by atoms with van der Waals surface area (Å²) >= 11 is 0. The van der Waals surface area contributed by atoms with Crippen LogP contribution in [-0.4, -0.2) is 27.1 Å². The van der Waals surface area contributed by atoms with Crippen molar-refractivity contribution in [3.63, 3.8) is 0 Å². The SMILES string of the molecule is [CH2]C(O)(O)CC(C)C(=O)O. The molecule has 0 amide bonds. The smallest absolute Gasteiger partial charge is 0.306 e. The molecule has 0 saturated heterocycles. The molecule has 0 aliphatic carbocycles. The maximum absolute atomic E-state index is 10.1. The van der Waals surface area contributed by atoms with E-state index in [2.05, 4.69) is 6.92 Å². The predicted molar refractivity (Wildman–Crippen MR) is 33.9 cm³/mol. The highest BCUT2D eigenvalue weighted by atomic mass is 16.5. The Bertz CT molecular complexity index is 124. The van der Waals surface area contributed by atoms with E-state index in [0.717, 1.165) is 0 Å². The first-order valence-electron chi connectivity index (χ1n) is 2.86. The molecule has 0 aliphatic heterocycles. The largest absolute Gasteiger partial charge is 0.481 e. The van der Waals surface area contributed by atoms with Crippen molar-refractivity contribution < 1.29 is 20.1 Å². The monoisotopic (exact) mass is 147 g/mol. The molecule has 0 bridgehead atoms. The Balaban J connectivity index is 3.80. The molecule has 0 aromatic heterocycles. The number of carboxylic acid groups (broad SMARTS) is 1. The second-order valence-electron chi connectivity index (χ2n) is 2.43. The van der Waals surface area contributed by atoms with Gasteiger partial charge in [0.05, 0.1) is 5.92 Å². The van der Waals surface area contributed by atoms with Gasteiger partial charge in [-0.25, -0.2) is 0 Å². The van der Waals surface area contributed by atoms with Crippen LogP contribution in [0.4, 0.5) is 0 Å². The van der Waals surface area contributed by atoms with Crippen molar-refractivity contribution in [3.8, 4) is 0 Å². The number of hydrogen-bond donors (Lipinski definition) is 3. The zero-order valence-electron chi connectivity index (χ0n) is 5.74. The number of aliphatic carboxylic acids is 1. The van der Waals surface area contributed by atoms with E-state index >= 15 is 0 Å². The summed E-state index contributed by atoms with van der Waals surface area (Å²) in [5.41, 5.74) is 0. The summed E-state index contributed by atoms with van der Waals surface area (Å²) in [6, 6.07) is 0. The molecule has 0 aromatic rings. The van der Waals surface area contributed by atoms with E-state index in [9.17, 15) is 4.79 Å². The summed E-state index contributed by atoms with van der Waals surface area (Å²) < 4.78 is 0. The number of carboxylic acids is 1. The first-order valence-corrected chi connectivity index (χ1v) is 2.86. The summed E-state index contributed by atoms with van der Waals surface area (Å²) in [6.45, 7) is 4.32. The molecule has 4 heteroatoms. The lowest BCUT2D eigenvalue weighted by molar-refractivity contribution is -0.157. The van der Waals surface area contributed by atoms with Gasteiger partial charge in [0, 0.05) is 13.3 Å². The Morgan fingerprint density at radius 3 is 2.20 bits per heavy atom. The number of rotatable bonds is 3. The zero-order valence-corrected chi connectivity index (χ0v) is 5.74. The van der Waals surface area contributed by atoms with Crippen LogP contribution in [0.25, 0.3) is 0 Å². The molecule has 0 heterocycles. The van der Waals surface area contributed by atoms with E-state index in [0.29, 0.717) is 0 Å². The summed E-state index contributed by atoms with van der Waals surface area (Å²) in [4.78, 5) is 10.1. The molecule has 0 rings (SSSR count). The van der Waals surface area contributed by atoms with E-state index in [1.807, 2.05) is 0 Å². The van der Waals surface area contributed by atoms with Crippen LogP contribution in [0.2, 0.25) is 0 Å². The van der Waals surface area contributed by atoms with Gasteiger partial charge < -0.3 is 15.3 Å². The second kappa shape index (κ2) is 2.98. The van der Waals surface area contributed by atoms with E-state index in [1.54, 1.807) is 0 Å². The molecule has 59 valence electrons. The van der Waals surface area contributed by atoms with Gasteiger partial charge in [-0.05, 0) is 0 Å². The van der Waals surface area contributed by atoms with Crippen molar-refractivity contribution in [1.82, 2.24) is 0 Å². The molecular weight excluding hydrogens is 136 g/mol. The fraction of sp³-hybridized carbons (Fsp3) is 0.667. The van der Waals surface area contributed by atoms with Gasteiger partial charge in [-0.15, -0.1) is 0 Å². The van der Waals surface area contributed by atoms with Crippen LogP contribution in [0.15, 0.2) is 0 Å². The fourth-order valence-corrected chi connectivity index (χ4v) is 0.578. The van der Waals surface area contributed by atoms with Crippen LogP contribution in [0.3, 0.4) is 0 Å². The topological polar surface area (TPSA) is 77.8 Å².